The van der Waals surface area contributed by atoms with E-state index in [9.17, 15) is 18.0 Å². The second-order valence-electron chi connectivity index (χ2n) is 8.22. The Labute approximate surface area is 217 Å². The number of halogens is 2. The second-order valence-corrected chi connectivity index (χ2v) is 11.0. The standard InChI is InChI=1S/C24H31Cl2N3O5S/c1-6-16(2)27-24(31)17(3)28(14-18-10-11-19(25)12-22(18)26)23(30)15-29(35(5,32)33)20-8-7-9-21(13-20)34-4/h7-13,16-17H,6,14-15H2,1-5H3,(H,27,31)/t16-,17+/m0/s1. The van der Waals surface area contributed by atoms with Crippen LogP contribution in [0, 0.1) is 0 Å². The van der Waals surface area contributed by atoms with Gasteiger partial charge in [-0.3, -0.25) is 13.9 Å². The summed E-state index contributed by atoms with van der Waals surface area (Å²) in [4.78, 5) is 27.8. The van der Waals surface area contributed by atoms with Crippen LogP contribution in [-0.4, -0.2) is 57.1 Å². The first kappa shape index (κ1) is 28.7. The molecule has 11 heteroatoms. The monoisotopic (exact) mass is 543 g/mol. The molecule has 0 fully saturated rings. The maximum Gasteiger partial charge on any atom is 0.244 e. The molecule has 2 aromatic rings. The van der Waals surface area contributed by atoms with E-state index >= 15 is 0 Å². The van der Waals surface area contributed by atoms with Crippen LogP contribution in [0.3, 0.4) is 0 Å². The van der Waals surface area contributed by atoms with Crippen LogP contribution in [-0.2, 0) is 26.2 Å². The van der Waals surface area contributed by atoms with Crippen LogP contribution in [0.5, 0.6) is 5.75 Å². The van der Waals surface area contributed by atoms with Crippen LogP contribution in [0.25, 0.3) is 0 Å². The minimum absolute atomic E-state index is 0.0142. The molecule has 0 aromatic heterocycles. The Morgan fingerprint density at radius 3 is 2.37 bits per heavy atom. The molecule has 2 atom stereocenters. The van der Waals surface area contributed by atoms with Gasteiger partial charge in [0.1, 0.15) is 18.3 Å². The molecule has 192 valence electrons. The Kier molecular flexibility index (Phi) is 10.2. The first-order chi connectivity index (χ1) is 16.4. The van der Waals surface area contributed by atoms with E-state index in [0.717, 1.165) is 10.6 Å². The van der Waals surface area contributed by atoms with E-state index in [1.165, 1.54) is 18.1 Å². The van der Waals surface area contributed by atoms with E-state index in [-0.39, 0.29) is 24.2 Å². The van der Waals surface area contributed by atoms with Crippen LogP contribution in [0.2, 0.25) is 10.0 Å². The van der Waals surface area contributed by atoms with Crippen molar-refractivity contribution in [2.24, 2.45) is 0 Å². The average molecular weight is 545 g/mol. The molecule has 0 unspecified atom stereocenters. The number of amides is 2. The van der Waals surface area contributed by atoms with E-state index in [1.54, 1.807) is 43.3 Å². The van der Waals surface area contributed by atoms with E-state index in [1.807, 2.05) is 13.8 Å². The molecule has 2 aromatic carbocycles. The zero-order valence-electron chi connectivity index (χ0n) is 20.4. The molecule has 0 bridgehead atoms. The zero-order chi connectivity index (χ0) is 26.3. The number of ether oxygens (including phenoxy) is 1. The summed E-state index contributed by atoms with van der Waals surface area (Å²) in [6.07, 6.45) is 1.73. The maximum atomic E-state index is 13.6. The first-order valence-corrected chi connectivity index (χ1v) is 13.6. The molecular weight excluding hydrogens is 513 g/mol. The molecule has 2 amide bonds. The van der Waals surface area contributed by atoms with Gasteiger partial charge in [-0.15, -0.1) is 0 Å². The number of rotatable bonds is 11. The summed E-state index contributed by atoms with van der Waals surface area (Å²) >= 11 is 12.3. The van der Waals surface area contributed by atoms with E-state index in [4.69, 9.17) is 27.9 Å². The Hall–Kier alpha value is -2.49. The van der Waals surface area contributed by atoms with E-state index in [2.05, 4.69) is 5.32 Å². The normalized spacial score (nSPS) is 13.0. The van der Waals surface area contributed by atoms with Crippen molar-refractivity contribution in [3.63, 3.8) is 0 Å². The van der Waals surface area contributed by atoms with Crippen molar-refractivity contribution in [2.75, 3.05) is 24.2 Å². The van der Waals surface area contributed by atoms with Gasteiger partial charge in [-0.1, -0.05) is 42.3 Å². The highest BCUT2D eigenvalue weighted by molar-refractivity contribution is 7.92. The first-order valence-electron chi connectivity index (χ1n) is 11.0. The number of carbonyl (C=O) groups is 2. The summed E-state index contributed by atoms with van der Waals surface area (Å²) in [5, 5.41) is 3.63. The number of sulfonamides is 1. The summed E-state index contributed by atoms with van der Waals surface area (Å²) in [5.74, 6) is -0.490. The molecule has 0 saturated heterocycles. The predicted octanol–water partition coefficient (Wildman–Crippen LogP) is 4.10. The van der Waals surface area contributed by atoms with Gasteiger partial charge in [-0.2, -0.15) is 0 Å². The van der Waals surface area contributed by atoms with Gasteiger partial charge in [-0.05, 0) is 50.1 Å². The van der Waals surface area contributed by atoms with Gasteiger partial charge in [-0.25, -0.2) is 8.42 Å². The minimum Gasteiger partial charge on any atom is -0.497 e. The van der Waals surface area contributed by atoms with E-state index < -0.39 is 28.5 Å². The van der Waals surface area contributed by atoms with Crippen molar-refractivity contribution in [1.82, 2.24) is 10.2 Å². The van der Waals surface area contributed by atoms with Crippen LogP contribution < -0.4 is 14.4 Å². The third-order valence-corrected chi connectivity index (χ3v) is 7.27. The SMILES string of the molecule is CC[C@H](C)NC(=O)[C@@H](C)N(Cc1ccc(Cl)cc1Cl)C(=O)CN(c1cccc(OC)c1)S(C)(=O)=O. The summed E-state index contributed by atoms with van der Waals surface area (Å²) in [6.45, 7) is 4.86. The number of benzene rings is 2. The summed E-state index contributed by atoms with van der Waals surface area (Å²) in [7, 11) is -2.38. The van der Waals surface area contributed by atoms with Crippen molar-refractivity contribution in [3.8, 4) is 5.75 Å². The number of hydrogen-bond acceptors (Lipinski definition) is 5. The molecule has 0 aliphatic heterocycles. The third-order valence-electron chi connectivity index (χ3n) is 5.54. The number of methoxy groups -OCH3 is 1. The number of nitrogens with zero attached hydrogens (tertiary/aromatic N) is 2. The highest BCUT2D eigenvalue weighted by atomic mass is 35.5. The molecule has 0 heterocycles. The molecule has 0 aliphatic rings. The predicted molar refractivity (Wildman–Crippen MR) is 140 cm³/mol. The maximum absolute atomic E-state index is 13.6. The lowest BCUT2D eigenvalue weighted by Gasteiger charge is -2.32. The molecular formula is C24H31Cl2N3O5S. The third kappa shape index (κ3) is 8.02. The largest absolute Gasteiger partial charge is 0.497 e. The molecule has 1 N–H and O–H groups in total. The fraction of sp³-hybridized carbons (Fsp3) is 0.417. The van der Waals surface area contributed by atoms with Gasteiger partial charge in [0.15, 0.2) is 0 Å². The second kappa shape index (κ2) is 12.5. The van der Waals surface area contributed by atoms with Crippen LogP contribution in [0.15, 0.2) is 42.5 Å². The topological polar surface area (TPSA) is 96.0 Å². The summed E-state index contributed by atoms with van der Waals surface area (Å²) < 4.78 is 31.4. The molecule has 0 spiro atoms. The van der Waals surface area contributed by atoms with Gasteiger partial charge >= 0.3 is 0 Å². The minimum atomic E-state index is -3.84. The fourth-order valence-corrected chi connectivity index (χ4v) is 4.57. The molecule has 2 rings (SSSR count). The zero-order valence-corrected chi connectivity index (χ0v) is 22.7. The molecule has 8 nitrogen and oxygen atoms in total. The fourth-order valence-electron chi connectivity index (χ4n) is 3.26. The lowest BCUT2D eigenvalue weighted by atomic mass is 10.1. The smallest absolute Gasteiger partial charge is 0.244 e. The lowest BCUT2D eigenvalue weighted by Crippen LogP contribution is -2.52. The van der Waals surface area contributed by atoms with Gasteiger partial charge in [0, 0.05) is 28.7 Å². The van der Waals surface area contributed by atoms with Crippen molar-refractivity contribution < 1.29 is 22.7 Å². The quantitative estimate of drug-likeness (QED) is 0.460. The molecule has 0 saturated carbocycles. The highest BCUT2D eigenvalue weighted by Gasteiger charge is 2.31. The van der Waals surface area contributed by atoms with Crippen LogP contribution in [0.4, 0.5) is 5.69 Å². The number of carbonyl (C=O) groups excluding carboxylic acids is 2. The van der Waals surface area contributed by atoms with Crippen molar-refractivity contribution >= 4 is 50.7 Å². The van der Waals surface area contributed by atoms with Gasteiger partial charge < -0.3 is 15.0 Å². The summed E-state index contributed by atoms with van der Waals surface area (Å²) in [5.41, 5.74) is 0.835. The van der Waals surface area contributed by atoms with Crippen molar-refractivity contribution in [2.45, 2.75) is 45.8 Å². The lowest BCUT2D eigenvalue weighted by molar-refractivity contribution is -0.139. The van der Waals surface area contributed by atoms with E-state index in [0.29, 0.717) is 27.8 Å². The highest BCUT2D eigenvalue weighted by Crippen LogP contribution is 2.25. The molecule has 35 heavy (non-hydrogen) atoms. The Bertz CT molecular complexity index is 1160. The molecule has 0 aliphatic carbocycles. The van der Waals surface area contributed by atoms with Gasteiger partial charge in [0.05, 0.1) is 19.1 Å². The van der Waals surface area contributed by atoms with Crippen molar-refractivity contribution in [3.05, 3.63) is 58.1 Å². The number of anilines is 1. The van der Waals surface area contributed by atoms with Crippen LogP contribution in [0.1, 0.15) is 32.8 Å². The Balaban J connectivity index is 2.43. The Morgan fingerprint density at radius 1 is 1.11 bits per heavy atom. The Morgan fingerprint density at radius 2 is 1.80 bits per heavy atom. The van der Waals surface area contributed by atoms with Gasteiger partial charge in [0.25, 0.3) is 0 Å². The van der Waals surface area contributed by atoms with Gasteiger partial charge in [0.2, 0.25) is 21.8 Å². The number of hydrogen-bond donors (Lipinski definition) is 1. The average Bonchev–Trinajstić information content (AvgIpc) is 2.80. The van der Waals surface area contributed by atoms with Crippen LogP contribution >= 0.6 is 23.2 Å². The summed E-state index contributed by atoms with van der Waals surface area (Å²) in [6, 6.07) is 10.2. The molecule has 0 radical (unpaired) electrons. The number of nitrogens with one attached hydrogen (secondary N) is 1. The van der Waals surface area contributed by atoms with Crippen molar-refractivity contribution in [1.29, 1.82) is 0 Å².